The molecule has 0 fully saturated rings. The van der Waals surface area contributed by atoms with Crippen molar-refractivity contribution >= 4 is 22.9 Å². The summed E-state index contributed by atoms with van der Waals surface area (Å²) in [5.74, 6) is 4.77. The van der Waals surface area contributed by atoms with Gasteiger partial charge in [0.25, 0.3) is 0 Å². The summed E-state index contributed by atoms with van der Waals surface area (Å²) in [5, 5.41) is 14.6. The number of hydrogen-bond acceptors (Lipinski definition) is 0. The zero-order valence-electron chi connectivity index (χ0n) is 22.0. The Hall–Kier alpha value is 1.06. The van der Waals surface area contributed by atoms with Crippen molar-refractivity contribution in [1.29, 1.82) is 0 Å². The summed E-state index contributed by atoms with van der Waals surface area (Å²) in [5.41, 5.74) is 0. The van der Waals surface area contributed by atoms with Gasteiger partial charge in [-0.1, -0.05) is 20.0 Å². The smallest absolute Gasteiger partial charge is 0.809 e. The van der Waals surface area contributed by atoms with E-state index in [1.54, 1.807) is 0 Å². The van der Waals surface area contributed by atoms with Gasteiger partial charge in [-0.2, -0.15) is 0 Å². The Labute approximate surface area is 201 Å². The fraction of sp³-hybridized carbons (Fsp3) is 0.826. The fourth-order valence-electron chi connectivity index (χ4n) is 3.53. The zero-order valence-corrected chi connectivity index (χ0v) is 27.1. The van der Waals surface area contributed by atoms with Crippen molar-refractivity contribution in [3.05, 3.63) is 34.5 Å². The van der Waals surface area contributed by atoms with Gasteiger partial charge in [-0.25, -0.2) is 7.05 Å². The summed E-state index contributed by atoms with van der Waals surface area (Å²) in [4.78, 5) is 0. The van der Waals surface area contributed by atoms with Gasteiger partial charge < -0.3 is 10.5 Å². The van der Waals surface area contributed by atoms with Crippen LogP contribution in [0.2, 0.25) is 0 Å². The molecule has 0 amide bonds. The van der Waals surface area contributed by atoms with Crippen molar-refractivity contribution in [1.82, 2.24) is 0 Å². The van der Waals surface area contributed by atoms with Gasteiger partial charge in [0.1, 0.15) is 0 Å². The Morgan fingerprint density at radius 2 is 0.759 bits per heavy atom. The molecule has 0 saturated carbocycles. The molecular weight excluding hydrogens is 592 g/mol. The fourth-order valence-corrected chi connectivity index (χ4v) is 10.5. The van der Waals surface area contributed by atoms with E-state index >= 15 is 0 Å². The summed E-state index contributed by atoms with van der Waals surface area (Å²) in [6.45, 7) is 33.8. The Morgan fingerprint density at radius 1 is 0.586 bits per heavy atom. The van der Waals surface area contributed by atoms with Crippen LogP contribution in [0.15, 0.2) is 24.0 Å². The van der Waals surface area contributed by atoms with Crippen molar-refractivity contribution in [2.45, 2.75) is 104 Å². The van der Waals surface area contributed by atoms with Crippen LogP contribution in [-0.4, -0.2) is 40.6 Å². The molecule has 0 atom stereocenters. The molecule has 0 bridgehead atoms. The summed E-state index contributed by atoms with van der Waals surface area (Å²) in [7, 11) is -2.65. The standard InChI is InChI=1S/C20H40NP2.C3H9NP.Pt/c1-17(2,3)22(18(4,5)6)15-13-21-14-16-23(19(7,8)9)20(10,11)12;1-5(2,3)4;/h13-16H,1-12H3;1-3H3;/q2*-1;+2/p+2/b15-13-,16-14-;;. The average Bonchev–Trinajstić information content (AvgIpc) is 2.28. The number of nitrogens with zero attached hydrogens (tertiary/aromatic N) is 2. The normalized spacial score (nSPS) is 14.2. The third-order valence-electron chi connectivity index (χ3n) is 3.89. The van der Waals surface area contributed by atoms with E-state index in [-0.39, 0.29) is 21.1 Å². The SMILES string of the molecule is CC(C)(C)[PH+](/C=C\[N-]/C=C\[PH+](C(C)(C)C)C(C)(C)C)C(C)(C)C.CP(C)(C)=[N-].[Pt+2]. The quantitative estimate of drug-likeness (QED) is 0.274. The first-order valence-electron chi connectivity index (χ1n) is 10.3. The predicted octanol–water partition coefficient (Wildman–Crippen LogP) is 9.57. The van der Waals surface area contributed by atoms with E-state index in [2.05, 4.69) is 100 Å². The van der Waals surface area contributed by atoms with E-state index in [0.717, 1.165) is 0 Å². The maximum absolute atomic E-state index is 8.63. The van der Waals surface area contributed by atoms with Gasteiger partial charge in [0.15, 0.2) is 0 Å². The molecule has 0 N–H and O–H groups in total. The Bertz CT molecular complexity index is 474. The van der Waals surface area contributed by atoms with Crippen LogP contribution in [0, 0.1) is 0 Å². The Kier molecular flexibility index (Phi) is 15.5. The minimum Gasteiger partial charge on any atom is -0.809 e. The molecule has 29 heavy (non-hydrogen) atoms. The van der Waals surface area contributed by atoms with Crippen molar-refractivity contribution < 1.29 is 21.1 Å². The van der Waals surface area contributed by atoms with E-state index < -0.39 is 22.9 Å². The molecule has 176 valence electrons. The van der Waals surface area contributed by atoms with Gasteiger partial charge in [0.2, 0.25) is 0 Å². The molecule has 6 heteroatoms. The molecule has 2 nitrogen and oxygen atoms in total. The second-order valence-corrected chi connectivity index (χ2v) is 24.8. The van der Waals surface area contributed by atoms with Gasteiger partial charge in [-0.15, -0.1) is 12.4 Å². The third-order valence-corrected chi connectivity index (χ3v) is 11.3. The minimum absolute atomic E-state index is 0. The molecule has 0 unspecified atom stereocenters. The van der Waals surface area contributed by atoms with Gasteiger partial charge in [-0.3, -0.25) is 0 Å². The number of hydrogen-bond donors (Lipinski definition) is 0. The Balaban J connectivity index is -0.000000997. The van der Waals surface area contributed by atoms with Crippen LogP contribution in [0.4, 0.5) is 0 Å². The number of rotatable bonds is 4. The molecule has 0 radical (unpaired) electrons. The molecule has 0 aromatic rings. The van der Waals surface area contributed by atoms with E-state index in [1.165, 1.54) is 0 Å². The first kappa shape index (κ1) is 34.7. The topological polar surface area (TPSA) is 36.4 Å². The first-order valence-corrected chi connectivity index (χ1v) is 16.5. The van der Waals surface area contributed by atoms with E-state index in [4.69, 9.17) is 5.16 Å². The largest absolute Gasteiger partial charge is 2.00 e. The third kappa shape index (κ3) is 19.5. The first-order chi connectivity index (χ1) is 12.0. The van der Waals surface area contributed by atoms with E-state index in [0.29, 0.717) is 20.6 Å². The summed E-state index contributed by atoms with van der Waals surface area (Å²) in [6.07, 6.45) is 4.10. The van der Waals surface area contributed by atoms with Crippen LogP contribution in [0.5, 0.6) is 0 Å². The maximum atomic E-state index is 8.63. The summed E-state index contributed by atoms with van der Waals surface area (Å²) < 4.78 is 0. The van der Waals surface area contributed by atoms with Crippen LogP contribution in [0.1, 0.15) is 83.1 Å². The molecule has 0 aliphatic heterocycles. The maximum Gasteiger partial charge on any atom is 2.00 e. The molecule has 0 aromatic carbocycles. The van der Waals surface area contributed by atoms with Crippen molar-refractivity contribution in [2.24, 2.45) is 0 Å². The zero-order chi connectivity index (χ0) is 23.2. The molecule has 0 aromatic heterocycles. The molecule has 0 aliphatic carbocycles. The van der Waals surface area contributed by atoms with Crippen LogP contribution >= 0.6 is 22.9 Å². The second kappa shape index (κ2) is 12.9. The molecule has 0 rings (SSSR count). The predicted molar refractivity (Wildman–Crippen MR) is 145 cm³/mol. The van der Waals surface area contributed by atoms with Gasteiger partial charge in [-0.05, 0) is 83.1 Å². The molecular formula is C23H51N2P3Pt+2. The van der Waals surface area contributed by atoms with Gasteiger partial charge >= 0.3 is 21.1 Å². The van der Waals surface area contributed by atoms with Crippen LogP contribution in [0.25, 0.3) is 10.5 Å². The van der Waals surface area contributed by atoms with Gasteiger partial charge in [0.05, 0.1) is 20.6 Å². The van der Waals surface area contributed by atoms with Crippen LogP contribution in [-0.2, 0) is 21.1 Å². The Morgan fingerprint density at radius 3 is 0.897 bits per heavy atom. The average molecular weight is 644 g/mol. The van der Waals surface area contributed by atoms with E-state index in [9.17, 15) is 0 Å². The van der Waals surface area contributed by atoms with Crippen molar-refractivity contribution in [2.75, 3.05) is 20.0 Å². The monoisotopic (exact) mass is 643 g/mol. The molecule has 0 spiro atoms. The molecule has 0 heterocycles. The van der Waals surface area contributed by atoms with Crippen molar-refractivity contribution in [3.63, 3.8) is 0 Å². The van der Waals surface area contributed by atoms with E-state index in [1.807, 2.05) is 32.4 Å². The second-order valence-electron chi connectivity index (χ2n) is 12.5. The summed E-state index contributed by atoms with van der Waals surface area (Å²) >= 11 is 0. The summed E-state index contributed by atoms with van der Waals surface area (Å²) in [6, 6.07) is 0. The van der Waals surface area contributed by atoms with Gasteiger partial charge in [0, 0.05) is 27.5 Å². The van der Waals surface area contributed by atoms with Crippen LogP contribution in [0.3, 0.4) is 0 Å². The minimum atomic E-state index is -1.39. The van der Waals surface area contributed by atoms with Crippen molar-refractivity contribution in [3.8, 4) is 0 Å². The molecule has 0 saturated heterocycles. The molecule has 0 aliphatic rings. The van der Waals surface area contributed by atoms with Crippen LogP contribution < -0.4 is 0 Å².